The second kappa shape index (κ2) is 16.2. The Morgan fingerprint density at radius 2 is 1.00 bits per heavy atom. The second-order valence-corrected chi connectivity index (χ2v) is 1.04. The molecule has 0 atom stereocenters. The van der Waals surface area contributed by atoms with Crippen molar-refractivity contribution in [2.24, 2.45) is 0 Å². The summed E-state index contributed by atoms with van der Waals surface area (Å²) in [7, 11) is 0. The normalized spacial score (nSPS) is 5.00. The van der Waals surface area contributed by atoms with E-state index in [2.05, 4.69) is 0 Å². The van der Waals surface area contributed by atoms with Gasteiger partial charge in [-0.05, 0) is 0 Å². The number of rotatable bonds is 0. The average molecular weight is 275 g/mol. The van der Waals surface area contributed by atoms with Crippen molar-refractivity contribution in [3.05, 3.63) is 0 Å². The van der Waals surface area contributed by atoms with Crippen LogP contribution in [0.25, 0.3) is 0 Å². The van der Waals surface area contributed by atoms with Gasteiger partial charge >= 0.3 is 0 Å². The molecule has 0 unspecified atom stereocenters. The van der Waals surface area contributed by atoms with Gasteiger partial charge in [-0.3, -0.25) is 9.59 Å². The number of carbonyl (C=O) groups is 2. The van der Waals surface area contributed by atoms with Crippen molar-refractivity contribution in [2.45, 2.75) is 13.8 Å². The zero-order chi connectivity index (χ0) is 7.15. The molecule has 4 N–H and O–H groups in total. The quantitative estimate of drug-likeness (QED) is 0.552. The van der Waals surface area contributed by atoms with E-state index in [4.69, 9.17) is 19.8 Å². The van der Waals surface area contributed by atoms with E-state index in [9.17, 15) is 0 Å². The van der Waals surface area contributed by atoms with Crippen LogP contribution in [0.3, 0.4) is 0 Å². The molecule has 0 saturated carbocycles. The average Bonchev–Trinajstić information content (AvgIpc) is 1.25. The van der Waals surface area contributed by atoms with Gasteiger partial charge in [0.25, 0.3) is 11.9 Å². The van der Waals surface area contributed by atoms with Gasteiger partial charge in [0, 0.05) is 62.7 Å². The van der Waals surface area contributed by atoms with Crippen LogP contribution in [0.15, 0.2) is 0 Å². The first kappa shape index (κ1) is 22.4. The molecule has 0 rings (SSSR count). The summed E-state index contributed by atoms with van der Waals surface area (Å²) in [4.78, 5) is 18.0. The van der Waals surface area contributed by atoms with Gasteiger partial charge in [-0.2, -0.15) is 0 Å². The molecular weight excluding hydrogens is 265 g/mol. The van der Waals surface area contributed by atoms with Gasteiger partial charge in [0.1, 0.15) is 0 Å². The molecule has 0 aromatic heterocycles. The molecule has 0 aromatic rings. The van der Waals surface area contributed by atoms with E-state index in [-0.39, 0.29) is 54.4 Å². The number of carboxylic acids is 2. The molecule has 58 valence electrons. The smallest absolute Gasteiger partial charge is 0.300 e. The van der Waals surface area contributed by atoms with Crippen LogP contribution in [0, 0.1) is 0 Å². The number of hydrogen-bond acceptors (Lipinski definition) is 2. The first-order valence-corrected chi connectivity index (χ1v) is 1.86. The van der Waals surface area contributed by atoms with Crippen molar-refractivity contribution in [3.63, 3.8) is 0 Å². The Hall–Kier alpha value is 0.471. The predicted molar refractivity (Wildman–Crippen MR) is 36.0 cm³/mol. The summed E-state index contributed by atoms with van der Waals surface area (Å²) < 4.78 is 0. The molecule has 0 amide bonds. The third-order valence-corrected chi connectivity index (χ3v) is 0. The molecule has 2 radical (unpaired) electrons. The number of hydrogen-bond donors (Lipinski definition) is 2. The molecule has 0 aliphatic carbocycles. The molecule has 6 heteroatoms. The molecule has 0 heterocycles. The van der Waals surface area contributed by atoms with Crippen LogP contribution in [0.1, 0.15) is 13.8 Å². The summed E-state index contributed by atoms with van der Waals surface area (Å²) in [5.74, 6) is -1.67. The summed E-state index contributed by atoms with van der Waals surface area (Å²) in [5.41, 5.74) is 0. The van der Waals surface area contributed by atoms with Crippen molar-refractivity contribution >= 4 is 60.8 Å². The van der Waals surface area contributed by atoms with E-state index in [0.717, 1.165) is 13.8 Å². The monoisotopic (exact) mass is 276 g/mol. The van der Waals surface area contributed by atoms with E-state index in [1.165, 1.54) is 0 Å². The Kier molecular flexibility index (Phi) is 36.4. The SMILES string of the molecule is CC(=O)O.CC(=O)O.O.[Ba]. The maximum atomic E-state index is 9.00. The Morgan fingerprint density at radius 1 is 1.00 bits per heavy atom. The van der Waals surface area contributed by atoms with Crippen LogP contribution in [0.4, 0.5) is 0 Å². The maximum absolute atomic E-state index is 9.00. The van der Waals surface area contributed by atoms with E-state index < -0.39 is 11.9 Å². The maximum Gasteiger partial charge on any atom is 0.300 e. The Balaban J connectivity index is -0.0000000300. The van der Waals surface area contributed by atoms with Gasteiger partial charge in [0.05, 0.1) is 0 Å². The Labute approximate surface area is 98.8 Å². The fourth-order valence-electron chi connectivity index (χ4n) is 0. The number of aliphatic carboxylic acids is 2. The fourth-order valence-corrected chi connectivity index (χ4v) is 0. The minimum Gasteiger partial charge on any atom is -0.481 e. The minimum absolute atomic E-state index is 0. The zero-order valence-electron chi connectivity index (χ0n) is 5.92. The topological polar surface area (TPSA) is 106 Å². The van der Waals surface area contributed by atoms with E-state index >= 15 is 0 Å². The van der Waals surface area contributed by atoms with E-state index in [1.807, 2.05) is 0 Å². The number of carboxylic acid groups (broad SMARTS) is 2. The van der Waals surface area contributed by atoms with Crippen molar-refractivity contribution in [1.82, 2.24) is 0 Å². The van der Waals surface area contributed by atoms with Gasteiger partial charge in [-0.15, -0.1) is 0 Å². The summed E-state index contributed by atoms with van der Waals surface area (Å²) in [6, 6.07) is 0. The minimum atomic E-state index is -0.833. The molecule has 0 aromatic carbocycles. The largest absolute Gasteiger partial charge is 0.481 e. The van der Waals surface area contributed by atoms with Crippen LogP contribution in [-0.4, -0.2) is 76.5 Å². The van der Waals surface area contributed by atoms with Crippen LogP contribution in [-0.2, 0) is 9.59 Å². The summed E-state index contributed by atoms with van der Waals surface area (Å²) in [5, 5.41) is 14.8. The fraction of sp³-hybridized carbons (Fsp3) is 0.500. The van der Waals surface area contributed by atoms with Crippen molar-refractivity contribution in [2.75, 3.05) is 0 Å². The van der Waals surface area contributed by atoms with Gasteiger partial charge in [-0.1, -0.05) is 0 Å². The van der Waals surface area contributed by atoms with Gasteiger partial charge in [-0.25, -0.2) is 0 Å². The van der Waals surface area contributed by atoms with Crippen molar-refractivity contribution in [1.29, 1.82) is 0 Å². The van der Waals surface area contributed by atoms with Crippen LogP contribution in [0.5, 0.6) is 0 Å². The van der Waals surface area contributed by atoms with Crippen LogP contribution in [0.2, 0.25) is 0 Å². The summed E-state index contributed by atoms with van der Waals surface area (Å²) in [6.07, 6.45) is 0. The molecule has 0 fully saturated rings. The van der Waals surface area contributed by atoms with Crippen LogP contribution < -0.4 is 0 Å². The van der Waals surface area contributed by atoms with Crippen molar-refractivity contribution in [3.8, 4) is 0 Å². The molecule has 5 nitrogen and oxygen atoms in total. The van der Waals surface area contributed by atoms with Crippen molar-refractivity contribution < 1.29 is 25.3 Å². The predicted octanol–water partition coefficient (Wildman–Crippen LogP) is -1.02. The zero-order valence-corrected chi connectivity index (χ0v) is 10.4. The second-order valence-electron chi connectivity index (χ2n) is 1.04. The summed E-state index contributed by atoms with van der Waals surface area (Å²) in [6.45, 7) is 2.17. The molecule has 10 heavy (non-hydrogen) atoms. The molecule has 0 aliphatic heterocycles. The van der Waals surface area contributed by atoms with Gasteiger partial charge in [0.2, 0.25) is 0 Å². The van der Waals surface area contributed by atoms with Crippen LogP contribution >= 0.6 is 0 Å². The van der Waals surface area contributed by atoms with Gasteiger partial charge in [0.15, 0.2) is 0 Å². The molecular formula is C4H10BaO5. The summed E-state index contributed by atoms with van der Waals surface area (Å²) >= 11 is 0. The van der Waals surface area contributed by atoms with E-state index in [0.29, 0.717) is 0 Å². The first-order valence-electron chi connectivity index (χ1n) is 1.86. The third-order valence-electron chi connectivity index (χ3n) is 0. The van der Waals surface area contributed by atoms with E-state index in [1.54, 1.807) is 0 Å². The molecule has 0 spiro atoms. The standard InChI is InChI=1S/2C2H4O2.Ba.H2O/c2*1-2(3)4;;/h2*1H3,(H,3,4);;1H2. The third kappa shape index (κ3) is 2130. The van der Waals surface area contributed by atoms with Gasteiger partial charge < -0.3 is 15.7 Å². The first-order chi connectivity index (χ1) is 3.46. The molecule has 0 bridgehead atoms. The Bertz CT molecular complexity index is 71.6. The Morgan fingerprint density at radius 3 is 1.00 bits per heavy atom. The molecule has 0 aliphatic rings. The molecule has 0 saturated heterocycles.